The molecule has 0 radical (unpaired) electrons. The summed E-state index contributed by atoms with van der Waals surface area (Å²) in [6, 6.07) is 0. The van der Waals surface area contributed by atoms with Gasteiger partial charge in [-0.1, -0.05) is 31.1 Å². The number of carbonyl (C=O) groups is 1. The van der Waals surface area contributed by atoms with Crippen LogP contribution in [0.5, 0.6) is 0 Å². The van der Waals surface area contributed by atoms with Gasteiger partial charge in [-0.2, -0.15) is 0 Å². The van der Waals surface area contributed by atoms with Crippen LogP contribution in [0.4, 0.5) is 0 Å². The summed E-state index contributed by atoms with van der Waals surface area (Å²) in [7, 11) is 0. The highest BCUT2D eigenvalue weighted by Crippen LogP contribution is 2.27. The molecule has 1 aliphatic carbocycles. The van der Waals surface area contributed by atoms with Crippen molar-refractivity contribution < 1.29 is 19.6 Å². The van der Waals surface area contributed by atoms with Gasteiger partial charge in [-0.3, -0.25) is 4.79 Å². The van der Waals surface area contributed by atoms with E-state index in [9.17, 15) is 4.79 Å². The number of H-pyrrole nitrogens is 1. The molecule has 0 bridgehead atoms. The lowest BCUT2D eigenvalue weighted by atomic mass is 9.88. The van der Waals surface area contributed by atoms with E-state index >= 15 is 0 Å². The van der Waals surface area contributed by atoms with E-state index in [1.165, 1.54) is 30.6 Å². The van der Waals surface area contributed by atoms with Crippen molar-refractivity contribution in [2.24, 2.45) is 5.92 Å². The van der Waals surface area contributed by atoms with Crippen LogP contribution in [0.15, 0.2) is 5.38 Å². The van der Waals surface area contributed by atoms with Crippen molar-refractivity contribution in [1.82, 2.24) is 0 Å². The summed E-state index contributed by atoms with van der Waals surface area (Å²) in [5.74, 6) is -0.172. The molecule has 1 aromatic rings. The molecule has 2 N–H and O–H groups in total. The van der Waals surface area contributed by atoms with Crippen LogP contribution in [0, 0.1) is 5.92 Å². The van der Waals surface area contributed by atoms with Gasteiger partial charge in [0.05, 0.1) is 11.5 Å². The Morgan fingerprint density at radius 2 is 2.33 bits per heavy atom. The molecule has 5 heteroatoms. The number of carboxylic acids is 1. The predicted molar refractivity (Wildman–Crippen MR) is 68.4 cm³/mol. The van der Waals surface area contributed by atoms with Gasteiger partial charge in [-0.25, -0.2) is 4.98 Å². The fraction of sp³-hybridized carbons (Fsp3) is 0.692. The van der Waals surface area contributed by atoms with Crippen LogP contribution < -0.4 is 4.98 Å². The maximum Gasteiger partial charge on any atom is 0.314 e. The first-order chi connectivity index (χ1) is 8.65. The van der Waals surface area contributed by atoms with E-state index in [0.29, 0.717) is 18.6 Å². The number of thiazole rings is 1. The third-order valence-electron chi connectivity index (χ3n) is 3.45. The van der Waals surface area contributed by atoms with E-state index in [1.807, 2.05) is 5.38 Å². The van der Waals surface area contributed by atoms with Gasteiger partial charge in [0.1, 0.15) is 13.0 Å². The van der Waals surface area contributed by atoms with Gasteiger partial charge in [-0.05, 0) is 18.8 Å². The molecule has 2 rings (SSSR count). The molecule has 0 aliphatic heterocycles. The highest BCUT2D eigenvalue weighted by molar-refractivity contribution is 7.09. The van der Waals surface area contributed by atoms with Gasteiger partial charge < -0.3 is 9.84 Å². The van der Waals surface area contributed by atoms with Crippen LogP contribution >= 0.6 is 11.3 Å². The average Bonchev–Trinajstić information content (AvgIpc) is 2.75. The lowest BCUT2D eigenvalue weighted by Crippen LogP contribution is -2.26. The van der Waals surface area contributed by atoms with Gasteiger partial charge in [0, 0.05) is 0 Å². The third-order valence-corrected chi connectivity index (χ3v) is 4.35. The first-order valence-electron chi connectivity index (χ1n) is 6.47. The van der Waals surface area contributed by atoms with Gasteiger partial charge in [0.2, 0.25) is 5.69 Å². The minimum Gasteiger partial charge on any atom is -0.481 e. The smallest absolute Gasteiger partial charge is 0.314 e. The summed E-state index contributed by atoms with van der Waals surface area (Å²) in [6.07, 6.45) is 5.38. The quantitative estimate of drug-likeness (QED) is 0.893. The number of aliphatic carboxylic acids is 1. The van der Waals surface area contributed by atoms with E-state index in [-0.39, 0.29) is 6.42 Å². The third kappa shape index (κ3) is 3.78. The van der Waals surface area contributed by atoms with Crippen LogP contribution in [0.2, 0.25) is 0 Å². The van der Waals surface area contributed by atoms with Crippen LogP contribution in [0.3, 0.4) is 0 Å². The number of rotatable bonds is 5. The summed E-state index contributed by atoms with van der Waals surface area (Å²) in [5, 5.41) is 11.6. The van der Waals surface area contributed by atoms with Crippen LogP contribution in [0.25, 0.3) is 0 Å². The molecule has 0 saturated heterocycles. The van der Waals surface area contributed by atoms with Crippen molar-refractivity contribution in [3.05, 3.63) is 16.1 Å². The molecule has 2 unspecified atom stereocenters. The van der Waals surface area contributed by atoms with Crippen LogP contribution in [0.1, 0.15) is 43.3 Å². The number of hydrogen-bond acceptors (Lipinski definition) is 3. The molecule has 1 heterocycles. The van der Waals surface area contributed by atoms with Gasteiger partial charge >= 0.3 is 5.97 Å². The standard InChI is InChI=1S/C13H19NO3S/c1-9-4-2-3-5-11(9)17-7-12-14-10(8-18-12)6-13(15)16/h8-9,11H,2-7H2,1H3,(H,15,16)/p+1. The maximum absolute atomic E-state index is 10.6. The van der Waals surface area contributed by atoms with Crippen LogP contribution in [-0.2, 0) is 22.6 Å². The topological polar surface area (TPSA) is 60.7 Å². The molecular weight excluding hydrogens is 250 g/mol. The summed E-state index contributed by atoms with van der Waals surface area (Å²) in [4.78, 5) is 13.7. The monoisotopic (exact) mass is 270 g/mol. The Morgan fingerprint density at radius 1 is 1.56 bits per heavy atom. The molecule has 0 amide bonds. The Hall–Kier alpha value is -0.940. The predicted octanol–water partition coefficient (Wildman–Crippen LogP) is 2.28. The summed E-state index contributed by atoms with van der Waals surface area (Å²) in [5.41, 5.74) is 0.753. The van der Waals surface area contributed by atoms with E-state index in [2.05, 4.69) is 11.9 Å². The molecule has 1 saturated carbocycles. The molecule has 18 heavy (non-hydrogen) atoms. The van der Waals surface area contributed by atoms with Crippen molar-refractivity contribution >= 4 is 17.3 Å². The largest absolute Gasteiger partial charge is 0.481 e. The minimum absolute atomic E-state index is 0.0519. The number of carboxylic acid groups (broad SMARTS) is 1. The van der Waals surface area contributed by atoms with E-state index < -0.39 is 5.97 Å². The number of aromatic amines is 1. The Labute approximate surface area is 111 Å². The zero-order valence-electron chi connectivity index (χ0n) is 10.6. The fourth-order valence-corrected chi connectivity index (χ4v) is 3.16. The Balaban J connectivity index is 1.82. The second-order valence-electron chi connectivity index (χ2n) is 4.99. The van der Waals surface area contributed by atoms with Crippen LogP contribution in [-0.4, -0.2) is 17.2 Å². The Kier molecular flexibility index (Phi) is 4.72. The first kappa shape index (κ1) is 13.5. The van der Waals surface area contributed by atoms with Crippen molar-refractivity contribution in [3.8, 4) is 0 Å². The van der Waals surface area contributed by atoms with Crippen molar-refractivity contribution in [1.29, 1.82) is 0 Å². The lowest BCUT2D eigenvalue weighted by Gasteiger charge is -2.27. The molecule has 2 atom stereocenters. The molecule has 1 fully saturated rings. The van der Waals surface area contributed by atoms with Crippen molar-refractivity contribution in [2.45, 2.75) is 51.7 Å². The number of aromatic nitrogens is 1. The highest BCUT2D eigenvalue weighted by atomic mass is 32.1. The molecule has 4 nitrogen and oxygen atoms in total. The molecule has 100 valence electrons. The number of hydrogen-bond donors (Lipinski definition) is 1. The zero-order valence-corrected chi connectivity index (χ0v) is 11.5. The van der Waals surface area contributed by atoms with Gasteiger partial charge in [0.25, 0.3) is 5.01 Å². The van der Waals surface area contributed by atoms with Gasteiger partial charge in [-0.15, -0.1) is 0 Å². The fourth-order valence-electron chi connectivity index (χ4n) is 2.41. The van der Waals surface area contributed by atoms with Gasteiger partial charge in [0.15, 0.2) is 0 Å². The molecule has 0 aromatic carbocycles. The molecule has 1 aromatic heterocycles. The number of nitrogens with one attached hydrogen (secondary N) is 1. The SMILES string of the molecule is CC1CCCCC1OCc1[nH+]c(CC(=O)O)cs1. The minimum atomic E-state index is -0.808. The molecular formula is C13H20NO3S+. The summed E-state index contributed by atoms with van der Waals surface area (Å²) < 4.78 is 5.93. The maximum atomic E-state index is 10.6. The second-order valence-corrected chi connectivity index (χ2v) is 5.96. The summed E-state index contributed by atoms with van der Waals surface area (Å²) in [6.45, 7) is 2.82. The number of ether oxygens (including phenoxy) is 1. The van der Waals surface area contributed by atoms with E-state index in [1.54, 1.807) is 0 Å². The summed E-state index contributed by atoms with van der Waals surface area (Å²) >= 11 is 1.54. The molecule has 0 spiro atoms. The zero-order chi connectivity index (χ0) is 13.0. The van der Waals surface area contributed by atoms with E-state index in [0.717, 1.165) is 17.1 Å². The lowest BCUT2D eigenvalue weighted by molar-refractivity contribution is -0.399. The Bertz CT molecular complexity index is 405. The Morgan fingerprint density at radius 3 is 3.06 bits per heavy atom. The molecule has 1 aliphatic rings. The van der Waals surface area contributed by atoms with Crippen molar-refractivity contribution in [2.75, 3.05) is 0 Å². The first-order valence-corrected chi connectivity index (χ1v) is 7.35. The van der Waals surface area contributed by atoms with E-state index in [4.69, 9.17) is 9.84 Å². The highest BCUT2D eigenvalue weighted by Gasteiger charge is 2.23. The second kappa shape index (κ2) is 6.29. The normalized spacial score (nSPS) is 24.1. The van der Waals surface area contributed by atoms with Crippen molar-refractivity contribution in [3.63, 3.8) is 0 Å². The average molecular weight is 270 g/mol.